The second-order valence-electron chi connectivity index (χ2n) is 10.1. The third-order valence-electron chi connectivity index (χ3n) is 6.83. The molecule has 1 aromatic rings. The lowest BCUT2D eigenvalue weighted by Gasteiger charge is -2.40. The zero-order chi connectivity index (χ0) is 21.5. The van der Waals surface area contributed by atoms with Gasteiger partial charge in [-0.25, -0.2) is 13.5 Å². The molecule has 1 amide bonds. The predicted molar refractivity (Wildman–Crippen MR) is 111 cm³/mol. The summed E-state index contributed by atoms with van der Waals surface area (Å²) in [5.74, 6) is 1.13. The van der Waals surface area contributed by atoms with Gasteiger partial charge in [-0.1, -0.05) is 20.8 Å². The van der Waals surface area contributed by atoms with Crippen LogP contribution < -0.4 is 5.32 Å². The molecule has 0 bridgehead atoms. The minimum atomic E-state index is -2.45. The van der Waals surface area contributed by atoms with E-state index >= 15 is 0 Å². The molecular weight excluding hydrogens is 390 g/mol. The van der Waals surface area contributed by atoms with Gasteiger partial charge in [-0.2, -0.15) is 5.10 Å². The third kappa shape index (κ3) is 4.48. The summed E-state index contributed by atoms with van der Waals surface area (Å²) in [6, 6.07) is 1.000. The number of alkyl halides is 2. The summed E-state index contributed by atoms with van der Waals surface area (Å²) in [6.45, 7) is 8.27. The van der Waals surface area contributed by atoms with Gasteiger partial charge in [0.25, 0.3) is 6.43 Å². The van der Waals surface area contributed by atoms with Gasteiger partial charge in [-0.15, -0.1) is 0 Å². The van der Waals surface area contributed by atoms with Crippen LogP contribution >= 0.6 is 0 Å². The number of amides is 1. The minimum absolute atomic E-state index is 0.0172. The molecule has 3 atom stereocenters. The molecule has 3 aliphatic rings. The summed E-state index contributed by atoms with van der Waals surface area (Å²) in [6.07, 6.45) is 2.13. The molecule has 0 aromatic carbocycles. The van der Waals surface area contributed by atoms with Crippen molar-refractivity contribution >= 4 is 11.7 Å². The fourth-order valence-corrected chi connectivity index (χ4v) is 4.93. The lowest BCUT2D eigenvalue weighted by Crippen LogP contribution is -2.46. The fraction of sp³-hybridized carbons (Fsp3) is 0.818. The number of nitrogens with zero attached hydrogens (tertiary/aromatic N) is 3. The molecule has 2 saturated heterocycles. The lowest BCUT2D eigenvalue weighted by atomic mass is 9.84. The smallest absolute Gasteiger partial charge is 0.260 e. The number of carbonyl (C=O) groups excluding carboxylic acids is 1. The van der Waals surface area contributed by atoms with Crippen LogP contribution in [-0.4, -0.2) is 58.9 Å². The topological polar surface area (TPSA) is 59.4 Å². The molecule has 30 heavy (non-hydrogen) atoms. The van der Waals surface area contributed by atoms with Crippen LogP contribution in [0.15, 0.2) is 6.07 Å². The Hall–Kier alpha value is -1.70. The van der Waals surface area contributed by atoms with E-state index in [-0.39, 0.29) is 29.4 Å². The Kier molecular flexibility index (Phi) is 6.06. The van der Waals surface area contributed by atoms with Crippen LogP contribution in [0.4, 0.5) is 14.6 Å². The number of hydrogen-bond donors (Lipinski definition) is 1. The van der Waals surface area contributed by atoms with E-state index in [9.17, 15) is 13.6 Å². The molecule has 0 saturated carbocycles. The standard InChI is InChI=1S/C22H34F2N4O2/c1-22(2,3)18-13-19-25-16(12-17(21(23)24)28(19)26-18)14-6-8-27(9-7-14)20(29)11-15-5-4-10-30-15/h13-17,21,25H,4-12H2,1-3H3/t15-,16+,17-/m1/s1. The quantitative estimate of drug-likeness (QED) is 0.794. The van der Waals surface area contributed by atoms with Crippen LogP contribution in [0.1, 0.15) is 71.0 Å². The molecule has 168 valence electrons. The Morgan fingerprint density at radius 1 is 1.30 bits per heavy atom. The van der Waals surface area contributed by atoms with Crippen LogP contribution in [0.5, 0.6) is 0 Å². The number of fused-ring (bicyclic) bond motifs is 1. The Balaban J connectivity index is 1.39. The number of hydrogen-bond acceptors (Lipinski definition) is 4. The van der Waals surface area contributed by atoms with Crippen molar-refractivity contribution in [2.75, 3.05) is 25.0 Å². The molecule has 0 unspecified atom stereocenters. The van der Waals surface area contributed by atoms with Crippen LogP contribution in [-0.2, 0) is 14.9 Å². The zero-order valence-electron chi connectivity index (χ0n) is 18.2. The van der Waals surface area contributed by atoms with Crippen molar-refractivity contribution in [2.45, 2.75) is 89.3 Å². The summed E-state index contributed by atoms with van der Waals surface area (Å²) in [5, 5.41) is 7.99. The molecule has 8 heteroatoms. The van der Waals surface area contributed by atoms with Gasteiger partial charge >= 0.3 is 0 Å². The normalized spacial score (nSPS) is 27.9. The van der Waals surface area contributed by atoms with Gasteiger partial charge in [0.1, 0.15) is 11.9 Å². The van der Waals surface area contributed by atoms with Gasteiger partial charge in [0.05, 0.1) is 18.2 Å². The molecule has 4 heterocycles. The van der Waals surface area contributed by atoms with Gasteiger partial charge < -0.3 is 15.0 Å². The maximum Gasteiger partial charge on any atom is 0.260 e. The van der Waals surface area contributed by atoms with E-state index in [1.165, 1.54) is 4.68 Å². The van der Waals surface area contributed by atoms with Gasteiger partial charge in [0, 0.05) is 37.2 Å². The molecule has 2 fully saturated rings. The number of anilines is 1. The second kappa shape index (κ2) is 8.44. The second-order valence-corrected chi connectivity index (χ2v) is 10.1. The van der Waals surface area contributed by atoms with Crippen molar-refractivity contribution < 1.29 is 18.3 Å². The van der Waals surface area contributed by atoms with E-state index < -0.39 is 12.5 Å². The Morgan fingerprint density at radius 3 is 2.63 bits per heavy atom. The third-order valence-corrected chi connectivity index (χ3v) is 6.83. The molecule has 0 radical (unpaired) electrons. The fourth-order valence-electron chi connectivity index (χ4n) is 4.93. The number of rotatable bonds is 4. The zero-order valence-corrected chi connectivity index (χ0v) is 18.2. The minimum Gasteiger partial charge on any atom is -0.378 e. The Morgan fingerprint density at radius 2 is 2.03 bits per heavy atom. The molecule has 4 rings (SSSR count). The van der Waals surface area contributed by atoms with E-state index in [1.54, 1.807) is 0 Å². The average molecular weight is 425 g/mol. The molecular formula is C22H34F2N4O2. The number of nitrogens with one attached hydrogen (secondary N) is 1. The van der Waals surface area contributed by atoms with Gasteiger partial charge in [-0.05, 0) is 38.0 Å². The molecule has 0 spiro atoms. The van der Waals surface area contributed by atoms with Crippen molar-refractivity contribution in [3.63, 3.8) is 0 Å². The van der Waals surface area contributed by atoms with Crippen LogP contribution in [0, 0.1) is 5.92 Å². The van der Waals surface area contributed by atoms with Crippen LogP contribution in [0.2, 0.25) is 0 Å². The van der Waals surface area contributed by atoms with Crippen molar-refractivity contribution in [3.05, 3.63) is 11.8 Å². The van der Waals surface area contributed by atoms with Gasteiger partial charge in [0.2, 0.25) is 5.91 Å². The number of ether oxygens (including phenoxy) is 1. The highest BCUT2D eigenvalue weighted by molar-refractivity contribution is 5.76. The molecule has 1 N–H and O–H groups in total. The molecule has 6 nitrogen and oxygen atoms in total. The Labute approximate surface area is 177 Å². The van der Waals surface area contributed by atoms with Gasteiger partial charge in [0.15, 0.2) is 0 Å². The van der Waals surface area contributed by atoms with Crippen molar-refractivity contribution in [1.82, 2.24) is 14.7 Å². The van der Waals surface area contributed by atoms with Gasteiger partial charge in [-0.3, -0.25) is 4.79 Å². The highest BCUT2D eigenvalue weighted by Crippen LogP contribution is 2.38. The van der Waals surface area contributed by atoms with Crippen LogP contribution in [0.3, 0.4) is 0 Å². The summed E-state index contributed by atoms with van der Waals surface area (Å²) < 4.78 is 34.8. The summed E-state index contributed by atoms with van der Waals surface area (Å²) in [4.78, 5) is 14.5. The highest BCUT2D eigenvalue weighted by atomic mass is 19.3. The number of halogens is 2. The van der Waals surface area contributed by atoms with E-state index in [0.717, 1.165) is 38.0 Å². The first-order valence-electron chi connectivity index (χ1n) is 11.3. The highest BCUT2D eigenvalue weighted by Gasteiger charge is 2.39. The SMILES string of the molecule is CC(C)(C)c1cc2n(n1)[C@@H](C(F)F)C[C@@H](C1CCN(C(=O)C[C@H]3CCCO3)CC1)N2. The van der Waals surface area contributed by atoms with E-state index in [2.05, 4.69) is 10.4 Å². The summed E-state index contributed by atoms with van der Waals surface area (Å²) in [5.41, 5.74) is 0.633. The monoisotopic (exact) mass is 424 g/mol. The summed E-state index contributed by atoms with van der Waals surface area (Å²) >= 11 is 0. The number of piperidine rings is 1. The largest absolute Gasteiger partial charge is 0.378 e. The first-order valence-corrected chi connectivity index (χ1v) is 11.3. The van der Waals surface area contributed by atoms with Crippen molar-refractivity contribution in [3.8, 4) is 0 Å². The van der Waals surface area contributed by atoms with Crippen LogP contribution in [0.25, 0.3) is 0 Å². The van der Waals surface area contributed by atoms with E-state index in [0.29, 0.717) is 31.7 Å². The van der Waals surface area contributed by atoms with Crippen molar-refractivity contribution in [2.24, 2.45) is 5.92 Å². The summed E-state index contributed by atoms with van der Waals surface area (Å²) in [7, 11) is 0. The maximum atomic E-state index is 13.9. The number of likely N-dealkylation sites (tertiary alicyclic amines) is 1. The van der Waals surface area contributed by atoms with E-state index in [1.807, 2.05) is 31.7 Å². The average Bonchev–Trinajstić information content (AvgIpc) is 3.36. The first-order chi connectivity index (χ1) is 14.2. The maximum absolute atomic E-state index is 13.9. The molecule has 1 aromatic heterocycles. The Bertz CT molecular complexity index is 747. The number of carbonyl (C=O) groups is 1. The number of aromatic nitrogens is 2. The predicted octanol–water partition coefficient (Wildman–Crippen LogP) is 3.98. The van der Waals surface area contributed by atoms with E-state index in [4.69, 9.17) is 4.74 Å². The first kappa shape index (κ1) is 21.5. The molecule has 3 aliphatic heterocycles. The lowest BCUT2D eigenvalue weighted by molar-refractivity contribution is -0.135. The molecule has 0 aliphatic carbocycles. The van der Waals surface area contributed by atoms with Crippen molar-refractivity contribution in [1.29, 1.82) is 0 Å².